The van der Waals surface area contributed by atoms with E-state index in [4.69, 9.17) is 4.74 Å². The van der Waals surface area contributed by atoms with Crippen LogP contribution in [0, 0.1) is 0 Å². The fraction of sp³-hybridized carbons (Fsp3) is 0.571. The Morgan fingerprint density at radius 1 is 1.35 bits per heavy atom. The monoisotopic (exact) mass is 341 g/mol. The predicted octanol–water partition coefficient (Wildman–Crippen LogP) is 2.42. The quantitative estimate of drug-likeness (QED) is 0.637. The van der Waals surface area contributed by atoms with E-state index >= 15 is 0 Å². The summed E-state index contributed by atoms with van der Waals surface area (Å²) in [7, 11) is 0. The number of amides is 1. The number of hydrogen-bond acceptors (Lipinski definition) is 4. The summed E-state index contributed by atoms with van der Waals surface area (Å²) in [4.78, 5) is 18.3. The van der Waals surface area contributed by atoms with Crippen LogP contribution in [0.5, 0.6) is 0 Å². The third-order valence-corrected chi connectivity index (χ3v) is 3.71. The standard InChI is InChI=1S/C14H20BrN3O2/c15-6-2-1-3-14(19)17-12-4-5-13(16-11-12)18-7-9-20-10-8-18/h4-5,11H,1-3,6-10H2,(H,17,19). The van der Waals surface area contributed by atoms with E-state index in [-0.39, 0.29) is 5.91 Å². The molecule has 0 bridgehead atoms. The molecule has 0 atom stereocenters. The number of morpholine rings is 1. The molecule has 1 N–H and O–H groups in total. The number of aromatic nitrogens is 1. The van der Waals surface area contributed by atoms with E-state index in [1.54, 1.807) is 6.20 Å². The summed E-state index contributed by atoms with van der Waals surface area (Å²) in [6, 6.07) is 3.85. The highest BCUT2D eigenvalue weighted by Crippen LogP contribution is 2.15. The lowest BCUT2D eigenvalue weighted by molar-refractivity contribution is -0.116. The number of pyridine rings is 1. The molecule has 1 saturated heterocycles. The van der Waals surface area contributed by atoms with Gasteiger partial charge in [-0.1, -0.05) is 15.9 Å². The van der Waals surface area contributed by atoms with Crippen molar-refractivity contribution < 1.29 is 9.53 Å². The summed E-state index contributed by atoms with van der Waals surface area (Å²) in [5.74, 6) is 0.984. The minimum atomic E-state index is 0.0480. The number of unbranched alkanes of at least 4 members (excludes halogenated alkanes) is 1. The number of nitrogens with one attached hydrogen (secondary N) is 1. The molecule has 5 nitrogen and oxygen atoms in total. The first kappa shape index (κ1) is 15.3. The molecule has 0 saturated carbocycles. The van der Waals surface area contributed by atoms with E-state index in [2.05, 4.69) is 31.1 Å². The minimum absolute atomic E-state index is 0.0480. The van der Waals surface area contributed by atoms with Gasteiger partial charge in [0, 0.05) is 24.8 Å². The molecule has 1 aliphatic rings. The number of rotatable bonds is 6. The van der Waals surface area contributed by atoms with Crippen LogP contribution in [0.1, 0.15) is 19.3 Å². The van der Waals surface area contributed by atoms with Crippen molar-refractivity contribution in [3.8, 4) is 0 Å². The normalized spacial score (nSPS) is 15.2. The lowest BCUT2D eigenvalue weighted by Crippen LogP contribution is -2.36. The molecule has 0 spiro atoms. The number of hydrogen-bond donors (Lipinski definition) is 1. The van der Waals surface area contributed by atoms with Gasteiger partial charge in [-0.25, -0.2) is 4.98 Å². The Morgan fingerprint density at radius 2 is 2.15 bits per heavy atom. The number of nitrogens with zero attached hydrogens (tertiary/aromatic N) is 2. The first-order valence-electron chi connectivity index (χ1n) is 6.94. The first-order chi connectivity index (χ1) is 9.79. The Hall–Kier alpha value is -1.14. The van der Waals surface area contributed by atoms with Gasteiger partial charge in [0.2, 0.25) is 5.91 Å². The second-order valence-electron chi connectivity index (χ2n) is 4.70. The third-order valence-electron chi connectivity index (χ3n) is 3.15. The summed E-state index contributed by atoms with van der Waals surface area (Å²) in [6.45, 7) is 3.22. The molecule has 1 fully saturated rings. The van der Waals surface area contributed by atoms with Gasteiger partial charge in [0.25, 0.3) is 0 Å². The van der Waals surface area contributed by atoms with Crippen LogP contribution in [0.2, 0.25) is 0 Å². The molecule has 0 unspecified atom stereocenters. The SMILES string of the molecule is O=C(CCCCBr)Nc1ccc(N2CCOCC2)nc1. The zero-order valence-corrected chi connectivity index (χ0v) is 13.1. The number of carbonyl (C=O) groups is 1. The van der Waals surface area contributed by atoms with E-state index in [9.17, 15) is 4.79 Å². The average Bonchev–Trinajstić information content (AvgIpc) is 2.49. The summed E-state index contributed by atoms with van der Waals surface area (Å²) < 4.78 is 5.31. The van der Waals surface area contributed by atoms with Crippen LogP contribution in [0.3, 0.4) is 0 Å². The van der Waals surface area contributed by atoms with Gasteiger partial charge in [-0.15, -0.1) is 0 Å². The highest BCUT2D eigenvalue weighted by atomic mass is 79.9. The van der Waals surface area contributed by atoms with Gasteiger partial charge in [0.1, 0.15) is 5.82 Å². The van der Waals surface area contributed by atoms with Crippen molar-refractivity contribution in [3.05, 3.63) is 18.3 Å². The van der Waals surface area contributed by atoms with Crippen LogP contribution in [-0.2, 0) is 9.53 Å². The van der Waals surface area contributed by atoms with Gasteiger partial charge in [-0.05, 0) is 25.0 Å². The van der Waals surface area contributed by atoms with Crippen LogP contribution in [0.15, 0.2) is 18.3 Å². The van der Waals surface area contributed by atoms with E-state index in [0.717, 1.165) is 56.0 Å². The van der Waals surface area contributed by atoms with E-state index < -0.39 is 0 Å². The molecule has 6 heteroatoms. The number of ether oxygens (including phenoxy) is 1. The number of anilines is 2. The predicted molar refractivity (Wildman–Crippen MR) is 83.5 cm³/mol. The van der Waals surface area contributed by atoms with Crippen molar-refractivity contribution in [1.82, 2.24) is 4.98 Å². The maximum Gasteiger partial charge on any atom is 0.224 e. The van der Waals surface area contributed by atoms with Crippen LogP contribution in [0.25, 0.3) is 0 Å². The highest BCUT2D eigenvalue weighted by Gasteiger charge is 2.12. The van der Waals surface area contributed by atoms with Gasteiger partial charge in [-0.2, -0.15) is 0 Å². The lowest BCUT2D eigenvalue weighted by Gasteiger charge is -2.27. The highest BCUT2D eigenvalue weighted by molar-refractivity contribution is 9.09. The maximum absolute atomic E-state index is 11.7. The molecule has 20 heavy (non-hydrogen) atoms. The smallest absolute Gasteiger partial charge is 0.224 e. The minimum Gasteiger partial charge on any atom is -0.378 e. The first-order valence-corrected chi connectivity index (χ1v) is 8.06. The summed E-state index contributed by atoms with van der Waals surface area (Å²) in [5.41, 5.74) is 0.755. The van der Waals surface area contributed by atoms with E-state index in [0.29, 0.717) is 6.42 Å². The van der Waals surface area contributed by atoms with Crippen LogP contribution in [-0.4, -0.2) is 42.5 Å². The zero-order chi connectivity index (χ0) is 14.2. The van der Waals surface area contributed by atoms with Gasteiger partial charge < -0.3 is 15.0 Å². The Balaban J connectivity index is 1.83. The topological polar surface area (TPSA) is 54.5 Å². The molecule has 0 aliphatic carbocycles. The Bertz CT molecular complexity index is 419. The van der Waals surface area contributed by atoms with Crippen molar-refractivity contribution in [2.75, 3.05) is 41.9 Å². The Labute approximate surface area is 127 Å². The largest absolute Gasteiger partial charge is 0.378 e. The number of alkyl halides is 1. The molecule has 2 rings (SSSR count). The van der Waals surface area contributed by atoms with Crippen molar-refractivity contribution in [3.63, 3.8) is 0 Å². The second-order valence-corrected chi connectivity index (χ2v) is 5.49. The Kier molecular flexibility index (Phi) is 6.26. The summed E-state index contributed by atoms with van der Waals surface area (Å²) >= 11 is 3.36. The molecule has 2 heterocycles. The van der Waals surface area contributed by atoms with Gasteiger partial charge in [0.15, 0.2) is 0 Å². The lowest BCUT2D eigenvalue weighted by atomic mass is 10.2. The van der Waals surface area contributed by atoms with E-state index in [1.165, 1.54) is 0 Å². The van der Waals surface area contributed by atoms with Crippen molar-refractivity contribution >= 4 is 33.3 Å². The summed E-state index contributed by atoms with van der Waals surface area (Å²) in [5, 5.41) is 3.81. The average molecular weight is 342 g/mol. The fourth-order valence-corrected chi connectivity index (χ4v) is 2.44. The third kappa shape index (κ3) is 4.76. The summed E-state index contributed by atoms with van der Waals surface area (Å²) in [6.07, 6.45) is 4.18. The van der Waals surface area contributed by atoms with Crippen LogP contribution < -0.4 is 10.2 Å². The second kappa shape index (κ2) is 8.21. The van der Waals surface area contributed by atoms with Crippen LogP contribution in [0.4, 0.5) is 11.5 Å². The maximum atomic E-state index is 11.7. The molecular weight excluding hydrogens is 322 g/mol. The molecule has 110 valence electrons. The number of halogens is 1. The van der Waals surface area contributed by atoms with Crippen molar-refractivity contribution in [1.29, 1.82) is 0 Å². The molecule has 1 aromatic rings. The van der Waals surface area contributed by atoms with Crippen LogP contribution >= 0.6 is 15.9 Å². The van der Waals surface area contributed by atoms with Gasteiger partial charge in [-0.3, -0.25) is 4.79 Å². The molecule has 0 radical (unpaired) electrons. The van der Waals surface area contributed by atoms with Crippen molar-refractivity contribution in [2.45, 2.75) is 19.3 Å². The number of carbonyl (C=O) groups excluding carboxylic acids is 1. The van der Waals surface area contributed by atoms with E-state index in [1.807, 2.05) is 12.1 Å². The Morgan fingerprint density at radius 3 is 2.80 bits per heavy atom. The molecule has 1 amide bonds. The molecule has 1 aromatic heterocycles. The van der Waals surface area contributed by atoms with Crippen molar-refractivity contribution in [2.24, 2.45) is 0 Å². The molecule has 1 aliphatic heterocycles. The van der Waals surface area contributed by atoms with Gasteiger partial charge in [0.05, 0.1) is 25.1 Å². The molecular formula is C14H20BrN3O2. The fourth-order valence-electron chi connectivity index (χ4n) is 2.04. The van der Waals surface area contributed by atoms with Gasteiger partial charge >= 0.3 is 0 Å². The molecule has 0 aromatic carbocycles. The zero-order valence-electron chi connectivity index (χ0n) is 11.5.